The quantitative estimate of drug-likeness (QED) is 0.900. The lowest BCUT2D eigenvalue weighted by atomic mass is 9.89. The van der Waals surface area contributed by atoms with Gasteiger partial charge in [-0.15, -0.1) is 12.4 Å². The van der Waals surface area contributed by atoms with Crippen LogP contribution in [0.1, 0.15) is 29.2 Å². The van der Waals surface area contributed by atoms with Gasteiger partial charge in [0.1, 0.15) is 11.9 Å². The van der Waals surface area contributed by atoms with Crippen LogP contribution in [0.2, 0.25) is 0 Å². The Morgan fingerprint density at radius 1 is 1.36 bits per heavy atom. The van der Waals surface area contributed by atoms with Crippen LogP contribution in [0.25, 0.3) is 0 Å². The van der Waals surface area contributed by atoms with E-state index in [9.17, 15) is 13.2 Å². The lowest BCUT2D eigenvalue weighted by molar-refractivity contribution is -0.165. The van der Waals surface area contributed by atoms with Gasteiger partial charge in [-0.1, -0.05) is 18.2 Å². The Kier molecular flexibility index (Phi) is 5.02. The molecular formula is C15H18ClF3N2O. The molecule has 2 heterocycles. The number of halogens is 4. The maximum absolute atomic E-state index is 12.7. The number of nitrogens with one attached hydrogen (secondary N) is 1. The Labute approximate surface area is 133 Å². The molecule has 22 heavy (non-hydrogen) atoms. The predicted molar refractivity (Wildman–Crippen MR) is 80.7 cm³/mol. The fraction of sp³-hybridized carbons (Fsp3) is 0.533. The van der Waals surface area contributed by atoms with Gasteiger partial charge in [-0.25, -0.2) is 0 Å². The molecule has 0 bridgehead atoms. The summed E-state index contributed by atoms with van der Waals surface area (Å²) in [4.78, 5) is 4.32. The molecule has 2 atom stereocenters. The molecular weight excluding hydrogens is 317 g/mol. The Bertz CT molecular complexity index is 574. The zero-order chi connectivity index (χ0) is 15.0. The lowest BCUT2D eigenvalue weighted by Gasteiger charge is -2.33. The molecule has 1 aromatic carbocycles. The normalized spacial score (nSPS) is 24.1. The zero-order valence-corrected chi connectivity index (χ0v) is 12.9. The van der Waals surface area contributed by atoms with E-state index in [4.69, 9.17) is 4.74 Å². The van der Waals surface area contributed by atoms with E-state index in [1.54, 1.807) is 0 Å². The summed E-state index contributed by atoms with van der Waals surface area (Å²) in [6.45, 7) is 3.27. The van der Waals surface area contributed by atoms with Crippen molar-refractivity contribution in [1.82, 2.24) is 5.32 Å². The molecule has 0 aromatic heterocycles. The minimum atomic E-state index is -4.22. The van der Waals surface area contributed by atoms with Crippen LogP contribution in [-0.2, 0) is 11.2 Å². The molecule has 1 N–H and O–H groups in total. The van der Waals surface area contributed by atoms with Crippen LogP contribution in [0.5, 0.6) is 0 Å². The van der Waals surface area contributed by atoms with Gasteiger partial charge >= 0.3 is 6.18 Å². The molecule has 3 rings (SSSR count). The molecule has 122 valence electrons. The first kappa shape index (κ1) is 17.1. The van der Waals surface area contributed by atoms with Gasteiger partial charge in [-0.05, 0) is 30.0 Å². The van der Waals surface area contributed by atoms with Crippen molar-refractivity contribution in [3.8, 4) is 0 Å². The van der Waals surface area contributed by atoms with Gasteiger partial charge in [-0.2, -0.15) is 13.2 Å². The summed E-state index contributed by atoms with van der Waals surface area (Å²) in [5.74, 6) is 0.647. The minimum Gasteiger partial charge on any atom is -0.369 e. The number of amidine groups is 1. The highest BCUT2D eigenvalue weighted by Gasteiger charge is 2.39. The summed E-state index contributed by atoms with van der Waals surface area (Å²) < 4.78 is 43.8. The summed E-state index contributed by atoms with van der Waals surface area (Å²) in [7, 11) is 0. The minimum absolute atomic E-state index is 0. The van der Waals surface area contributed by atoms with Crippen molar-refractivity contribution >= 4 is 18.2 Å². The van der Waals surface area contributed by atoms with Crippen LogP contribution in [-0.4, -0.2) is 31.2 Å². The van der Waals surface area contributed by atoms with Crippen molar-refractivity contribution in [1.29, 1.82) is 0 Å². The van der Waals surface area contributed by atoms with Gasteiger partial charge in [0.15, 0.2) is 0 Å². The number of fused-ring (bicyclic) bond motifs is 1. The number of aryl methyl sites for hydroxylation is 1. The number of rotatable bonds is 2. The van der Waals surface area contributed by atoms with E-state index < -0.39 is 24.8 Å². The molecule has 0 fully saturated rings. The van der Waals surface area contributed by atoms with Crippen LogP contribution >= 0.6 is 12.4 Å². The average molecular weight is 335 g/mol. The monoisotopic (exact) mass is 334 g/mol. The molecule has 0 saturated heterocycles. The third-order valence-corrected chi connectivity index (χ3v) is 3.90. The second kappa shape index (κ2) is 6.46. The molecule has 0 spiro atoms. The molecule has 1 aromatic rings. The van der Waals surface area contributed by atoms with E-state index in [1.807, 2.05) is 25.1 Å². The molecule has 0 radical (unpaired) electrons. The first-order chi connectivity index (χ1) is 9.94. The smallest absolute Gasteiger partial charge is 0.369 e. The van der Waals surface area contributed by atoms with Crippen molar-refractivity contribution in [2.45, 2.75) is 38.1 Å². The van der Waals surface area contributed by atoms with Crippen LogP contribution in [0.4, 0.5) is 13.2 Å². The first-order valence-electron chi connectivity index (χ1n) is 7.03. The summed E-state index contributed by atoms with van der Waals surface area (Å²) >= 11 is 0. The maximum atomic E-state index is 12.7. The number of ether oxygens (including phenoxy) is 1. The van der Waals surface area contributed by atoms with E-state index in [0.717, 1.165) is 16.7 Å². The Hall–Kier alpha value is -1.27. The Balaban J connectivity index is 0.00000176. The topological polar surface area (TPSA) is 33.6 Å². The molecule has 1 unspecified atom stereocenters. The fourth-order valence-electron chi connectivity index (χ4n) is 2.97. The molecule has 3 nitrogen and oxygen atoms in total. The first-order valence-corrected chi connectivity index (χ1v) is 7.03. The van der Waals surface area contributed by atoms with Crippen LogP contribution in [0.3, 0.4) is 0 Å². The molecule has 2 aliphatic heterocycles. The van der Waals surface area contributed by atoms with E-state index >= 15 is 0 Å². The van der Waals surface area contributed by atoms with Crippen molar-refractivity contribution in [2.75, 3.05) is 13.1 Å². The van der Waals surface area contributed by atoms with Gasteiger partial charge in [0, 0.05) is 6.54 Å². The molecule has 0 saturated carbocycles. The standard InChI is InChI=1S/C15H17F3N2O.ClH/c1-9-3-2-4-11-12(9)7-10(8-15(16,17)18)21-13(11)14-19-5-6-20-14;/h2-4,10,13H,5-8H2,1H3,(H,19,20);1H/t10-,13?;/m1./s1. The second-order valence-electron chi connectivity index (χ2n) is 5.50. The highest BCUT2D eigenvalue weighted by Crippen LogP contribution is 2.37. The second-order valence-corrected chi connectivity index (χ2v) is 5.50. The number of hydrogen-bond acceptors (Lipinski definition) is 3. The van der Waals surface area contributed by atoms with Gasteiger partial charge in [0.2, 0.25) is 0 Å². The number of nitrogens with zero attached hydrogens (tertiary/aromatic N) is 1. The summed E-state index contributed by atoms with van der Waals surface area (Å²) in [5, 5.41) is 3.11. The maximum Gasteiger partial charge on any atom is 0.391 e. The lowest BCUT2D eigenvalue weighted by Crippen LogP contribution is -2.37. The number of hydrogen-bond donors (Lipinski definition) is 1. The Morgan fingerprint density at radius 2 is 2.14 bits per heavy atom. The zero-order valence-electron chi connectivity index (χ0n) is 12.1. The van der Waals surface area contributed by atoms with Crippen molar-refractivity contribution < 1.29 is 17.9 Å². The molecule has 2 aliphatic rings. The number of aliphatic imine (C=N–C) groups is 1. The van der Waals surface area contributed by atoms with E-state index in [1.165, 1.54) is 0 Å². The third kappa shape index (κ3) is 3.55. The number of alkyl halides is 3. The van der Waals surface area contributed by atoms with E-state index in [0.29, 0.717) is 25.3 Å². The van der Waals surface area contributed by atoms with Crippen molar-refractivity contribution in [3.05, 3.63) is 34.9 Å². The molecule has 0 amide bonds. The highest BCUT2D eigenvalue weighted by molar-refractivity contribution is 5.89. The predicted octanol–water partition coefficient (Wildman–Crippen LogP) is 3.35. The van der Waals surface area contributed by atoms with Gasteiger partial charge in [0.05, 0.1) is 19.1 Å². The van der Waals surface area contributed by atoms with Crippen molar-refractivity contribution in [3.63, 3.8) is 0 Å². The summed E-state index contributed by atoms with van der Waals surface area (Å²) in [5.41, 5.74) is 2.90. The van der Waals surface area contributed by atoms with Crippen LogP contribution < -0.4 is 5.32 Å². The largest absolute Gasteiger partial charge is 0.391 e. The molecule has 0 aliphatic carbocycles. The Morgan fingerprint density at radius 3 is 2.77 bits per heavy atom. The summed E-state index contributed by atoms with van der Waals surface area (Å²) in [6.07, 6.45) is -6.21. The molecule has 7 heteroatoms. The van der Waals surface area contributed by atoms with Crippen LogP contribution in [0.15, 0.2) is 23.2 Å². The van der Waals surface area contributed by atoms with Crippen LogP contribution in [0, 0.1) is 6.92 Å². The van der Waals surface area contributed by atoms with E-state index in [-0.39, 0.29) is 12.4 Å². The third-order valence-electron chi connectivity index (χ3n) is 3.90. The summed E-state index contributed by atoms with van der Waals surface area (Å²) in [6, 6.07) is 5.75. The van der Waals surface area contributed by atoms with E-state index in [2.05, 4.69) is 10.3 Å². The average Bonchev–Trinajstić information content (AvgIpc) is 2.91. The highest BCUT2D eigenvalue weighted by atomic mass is 35.5. The van der Waals surface area contributed by atoms with Gasteiger partial charge in [-0.3, -0.25) is 4.99 Å². The SMILES string of the molecule is Cc1cccc2c1C[C@H](CC(F)(F)F)OC2C1=NCCN1.Cl. The van der Waals surface area contributed by atoms with Gasteiger partial charge in [0.25, 0.3) is 0 Å². The van der Waals surface area contributed by atoms with Crippen molar-refractivity contribution in [2.24, 2.45) is 4.99 Å². The number of benzene rings is 1. The van der Waals surface area contributed by atoms with Gasteiger partial charge < -0.3 is 10.1 Å². The fourth-order valence-corrected chi connectivity index (χ4v) is 2.97.